The van der Waals surface area contributed by atoms with Crippen LogP contribution in [-0.4, -0.2) is 20.7 Å². The van der Waals surface area contributed by atoms with Crippen molar-refractivity contribution in [3.05, 3.63) is 51.9 Å². The summed E-state index contributed by atoms with van der Waals surface area (Å²) in [6.07, 6.45) is 0. The van der Waals surface area contributed by atoms with Crippen molar-refractivity contribution in [1.82, 2.24) is 14.8 Å². The third kappa shape index (κ3) is 2.68. The molecular formula is C14H12N4O2S. The summed E-state index contributed by atoms with van der Waals surface area (Å²) in [7, 11) is 1.50. The molecule has 0 aliphatic rings. The number of carbonyl (C=O) groups is 1. The molecular weight excluding hydrogens is 288 g/mol. The van der Waals surface area contributed by atoms with Gasteiger partial charge in [-0.3, -0.25) is 14.9 Å². The highest BCUT2D eigenvalue weighted by molar-refractivity contribution is 7.22. The van der Waals surface area contributed by atoms with Crippen molar-refractivity contribution < 1.29 is 4.79 Å². The maximum absolute atomic E-state index is 12.1. The Balaban J connectivity index is 1.88. The van der Waals surface area contributed by atoms with E-state index < -0.39 is 0 Å². The molecule has 7 heteroatoms. The van der Waals surface area contributed by atoms with Gasteiger partial charge in [-0.2, -0.15) is 5.10 Å². The zero-order chi connectivity index (χ0) is 15.0. The molecule has 1 aromatic carbocycles. The molecule has 0 radical (unpaired) electrons. The topological polar surface area (TPSA) is 76.9 Å². The average molecular weight is 300 g/mol. The van der Waals surface area contributed by atoms with Crippen LogP contribution in [0.15, 0.2) is 35.1 Å². The Morgan fingerprint density at radius 3 is 2.86 bits per heavy atom. The van der Waals surface area contributed by atoms with E-state index in [1.54, 1.807) is 0 Å². The van der Waals surface area contributed by atoms with E-state index in [-0.39, 0.29) is 17.2 Å². The minimum Gasteiger partial charge on any atom is -0.296 e. The molecule has 2 heterocycles. The van der Waals surface area contributed by atoms with Crippen molar-refractivity contribution in [2.45, 2.75) is 6.92 Å². The van der Waals surface area contributed by atoms with Crippen molar-refractivity contribution in [3.63, 3.8) is 0 Å². The van der Waals surface area contributed by atoms with E-state index in [0.717, 1.165) is 20.5 Å². The van der Waals surface area contributed by atoms with E-state index in [4.69, 9.17) is 0 Å². The number of amides is 1. The lowest BCUT2D eigenvalue weighted by Gasteiger charge is -2.01. The fourth-order valence-electron chi connectivity index (χ4n) is 1.87. The largest absolute Gasteiger partial charge is 0.296 e. The van der Waals surface area contributed by atoms with Crippen molar-refractivity contribution in [2.75, 3.05) is 5.32 Å². The zero-order valence-electron chi connectivity index (χ0n) is 11.5. The van der Waals surface area contributed by atoms with Gasteiger partial charge < -0.3 is 0 Å². The predicted molar refractivity (Wildman–Crippen MR) is 81.8 cm³/mol. The first kappa shape index (κ1) is 13.4. The number of aromatic nitrogens is 3. The predicted octanol–water partition coefficient (Wildman–Crippen LogP) is 1.95. The van der Waals surface area contributed by atoms with Gasteiger partial charge in [0.1, 0.15) is 5.69 Å². The fourth-order valence-corrected chi connectivity index (χ4v) is 2.83. The molecule has 0 saturated heterocycles. The molecule has 2 aromatic heterocycles. The number of hydrogen-bond donors (Lipinski definition) is 1. The summed E-state index contributed by atoms with van der Waals surface area (Å²) in [5.74, 6) is -0.388. The van der Waals surface area contributed by atoms with Crippen LogP contribution in [0.4, 0.5) is 5.13 Å². The maximum Gasteiger partial charge on any atom is 0.277 e. The van der Waals surface area contributed by atoms with Crippen LogP contribution in [0.2, 0.25) is 0 Å². The Kier molecular flexibility index (Phi) is 3.26. The highest BCUT2D eigenvalue weighted by Gasteiger charge is 2.12. The second-order valence-corrected chi connectivity index (χ2v) is 5.66. The molecule has 21 heavy (non-hydrogen) atoms. The van der Waals surface area contributed by atoms with Crippen molar-refractivity contribution in [1.29, 1.82) is 0 Å². The average Bonchev–Trinajstić information content (AvgIpc) is 2.83. The Morgan fingerprint density at radius 2 is 2.10 bits per heavy atom. The number of fused-ring (bicyclic) bond motifs is 1. The highest BCUT2D eigenvalue weighted by Crippen LogP contribution is 2.26. The molecule has 0 saturated carbocycles. The summed E-state index contributed by atoms with van der Waals surface area (Å²) >= 11 is 1.40. The lowest BCUT2D eigenvalue weighted by molar-refractivity contribution is 0.102. The van der Waals surface area contributed by atoms with E-state index in [9.17, 15) is 9.59 Å². The van der Waals surface area contributed by atoms with Crippen LogP contribution in [0.3, 0.4) is 0 Å². The van der Waals surface area contributed by atoms with Gasteiger partial charge in [0, 0.05) is 13.1 Å². The summed E-state index contributed by atoms with van der Waals surface area (Å²) < 4.78 is 2.13. The zero-order valence-corrected chi connectivity index (χ0v) is 12.3. The molecule has 0 spiro atoms. The fraction of sp³-hybridized carbons (Fsp3) is 0.143. The standard InChI is InChI=1S/C14H12N4O2S/c1-8-3-4-9-11(7-8)21-14(15-9)16-13(20)10-5-6-12(19)18(2)17-10/h3-7H,1-2H3,(H,15,16,20). The highest BCUT2D eigenvalue weighted by atomic mass is 32.1. The summed E-state index contributed by atoms with van der Waals surface area (Å²) in [6, 6.07) is 8.62. The van der Waals surface area contributed by atoms with Gasteiger partial charge in [-0.05, 0) is 30.7 Å². The Morgan fingerprint density at radius 1 is 1.29 bits per heavy atom. The molecule has 3 aromatic rings. The van der Waals surface area contributed by atoms with Crippen molar-refractivity contribution in [2.24, 2.45) is 7.05 Å². The third-order valence-corrected chi connectivity index (χ3v) is 3.89. The van der Waals surface area contributed by atoms with Crippen LogP contribution in [0.1, 0.15) is 16.1 Å². The first-order valence-electron chi connectivity index (χ1n) is 6.26. The van der Waals surface area contributed by atoms with Gasteiger partial charge in [-0.15, -0.1) is 0 Å². The monoisotopic (exact) mass is 300 g/mol. The molecule has 0 bridgehead atoms. The number of nitrogens with zero attached hydrogens (tertiary/aromatic N) is 3. The number of thiazole rings is 1. The van der Waals surface area contributed by atoms with Crippen LogP contribution in [0, 0.1) is 6.92 Å². The molecule has 1 N–H and O–H groups in total. The first-order chi connectivity index (χ1) is 10.0. The van der Waals surface area contributed by atoms with Crippen LogP contribution in [0.25, 0.3) is 10.2 Å². The quantitative estimate of drug-likeness (QED) is 0.784. The number of nitrogens with one attached hydrogen (secondary N) is 1. The molecule has 6 nitrogen and oxygen atoms in total. The molecule has 0 aliphatic carbocycles. The van der Waals surface area contributed by atoms with E-state index in [1.807, 2.05) is 25.1 Å². The summed E-state index contributed by atoms with van der Waals surface area (Å²) in [4.78, 5) is 27.7. The Hall–Kier alpha value is -2.54. The van der Waals surface area contributed by atoms with Gasteiger partial charge in [-0.25, -0.2) is 9.67 Å². The second-order valence-electron chi connectivity index (χ2n) is 4.62. The van der Waals surface area contributed by atoms with Crippen molar-refractivity contribution in [3.8, 4) is 0 Å². The van der Waals surface area contributed by atoms with Crippen molar-refractivity contribution >= 4 is 32.6 Å². The van der Waals surface area contributed by atoms with Gasteiger partial charge in [0.2, 0.25) is 0 Å². The number of anilines is 1. The smallest absolute Gasteiger partial charge is 0.277 e. The second kappa shape index (κ2) is 5.10. The molecule has 3 rings (SSSR count). The number of carbonyl (C=O) groups excluding carboxylic acids is 1. The minimum absolute atomic E-state index is 0.174. The SMILES string of the molecule is Cc1ccc2nc(NC(=O)c3ccc(=O)n(C)n3)sc2c1. The van der Waals surface area contributed by atoms with Gasteiger partial charge >= 0.3 is 0 Å². The normalized spacial score (nSPS) is 10.8. The molecule has 0 atom stereocenters. The van der Waals surface area contributed by atoms with Crippen LogP contribution in [-0.2, 0) is 7.05 Å². The molecule has 0 fully saturated rings. The van der Waals surface area contributed by atoms with Gasteiger partial charge in [-0.1, -0.05) is 17.4 Å². The summed E-state index contributed by atoms with van der Waals surface area (Å²) in [5.41, 5.74) is 1.90. The first-order valence-corrected chi connectivity index (χ1v) is 7.07. The van der Waals surface area contributed by atoms with Crippen LogP contribution in [0.5, 0.6) is 0 Å². The van der Waals surface area contributed by atoms with E-state index in [0.29, 0.717) is 5.13 Å². The number of hydrogen-bond acceptors (Lipinski definition) is 5. The van der Waals surface area contributed by atoms with Gasteiger partial charge in [0.25, 0.3) is 11.5 Å². The molecule has 0 unspecified atom stereocenters. The Bertz CT molecular complexity index is 897. The molecule has 1 amide bonds. The summed E-state index contributed by atoms with van der Waals surface area (Å²) in [6.45, 7) is 2.01. The van der Waals surface area contributed by atoms with E-state index in [2.05, 4.69) is 15.4 Å². The van der Waals surface area contributed by atoms with Crippen LogP contribution < -0.4 is 10.9 Å². The molecule has 106 valence electrons. The number of benzene rings is 1. The Labute approximate surface area is 124 Å². The lowest BCUT2D eigenvalue weighted by atomic mass is 10.2. The number of rotatable bonds is 2. The van der Waals surface area contributed by atoms with Crippen LogP contribution >= 0.6 is 11.3 Å². The maximum atomic E-state index is 12.1. The van der Waals surface area contributed by atoms with E-state index >= 15 is 0 Å². The molecule has 0 aliphatic heterocycles. The van der Waals surface area contributed by atoms with Gasteiger partial charge in [0.15, 0.2) is 5.13 Å². The van der Waals surface area contributed by atoms with Gasteiger partial charge in [0.05, 0.1) is 10.2 Å². The minimum atomic E-state index is -0.388. The lowest BCUT2D eigenvalue weighted by Crippen LogP contribution is -2.23. The summed E-state index contributed by atoms with van der Waals surface area (Å²) in [5, 5.41) is 7.12. The number of aryl methyl sites for hydroxylation is 2. The van der Waals surface area contributed by atoms with E-state index in [1.165, 1.54) is 30.5 Å². The third-order valence-electron chi connectivity index (χ3n) is 2.96.